The zero-order chi connectivity index (χ0) is 26.9. The van der Waals surface area contributed by atoms with Crippen LogP contribution in [-0.4, -0.2) is 27.2 Å². The Morgan fingerprint density at radius 3 is 2.46 bits per heavy atom. The number of carboxylic acids is 1. The molecule has 1 aromatic heterocycles. The van der Waals surface area contributed by atoms with Gasteiger partial charge in [-0.3, -0.25) is 4.79 Å². The first-order chi connectivity index (χ1) is 17.5. The third kappa shape index (κ3) is 5.53. The molecule has 1 atom stereocenters. The van der Waals surface area contributed by atoms with E-state index in [1.165, 1.54) is 13.8 Å². The molecule has 0 bridgehead atoms. The Kier molecular flexibility index (Phi) is 7.12. The number of carboxylic acid groups (broad SMARTS) is 1. The summed E-state index contributed by atoms with van der Waals surface area (Å²) < 4.78 is 7.84. The van der Waals surface area contributed by atoms with Crippen molar-refractivity contribution in [1.29, 1.82) is 0 Å². The molecule has 0 fully saturated rings. The highest BCUT2D eigenvalue weighted by molar-refractivity contribution is 5.99. The first kappa shape index (κ1) is 26.0. The number of aromatic nitrogens is 1. The summed E-state index contributed by atoms with van der Waals surface area (Å²) >= 11 is 0. The normalized spacial score (nSPS) is 12.4. The van der Waals surface area contributed by atoms with E-state index >= 15 is 0 Å². The molecular formula is C31H34N2O4. The lowest BCUT2D eigenvalue weighted by Crippen LogP contribution is -2.37. The molecule has 0 spiro atoms. The van der Waals surface area contributed by atoms with Crippen molar-refractivity contribution in [2.24, 2.45) is 7.05 Å². The summed E-state index contributed by atoms with van der Waals surface area (Å²) in [5.41, 5.74) is 5.81. The summed E-state index contributed by atoms with van der Waals surface area (Å²) in [7, 11) is 2.01. The number of nitrogens with one attached hydrogen (secondary N) is 1. The molecule has 0 unspecified atom stereocenters. The highest BCUT2D eigenvalue weighted by Crippen LogP contribution is 2.30. The highest BCUT2D eigenvalue weighted by atomic mass is 16.5. The standard InChI is InChI=1S/C31H34N2O4/c1-19-9-7-11-23(15-19)20(2)32-29(34)24-13-14-26-27(21(3)33(6)28(26)18-24)17-22-10-8-12-25(16-22)37-31(4,5)30(35)36/h7-16,18,20H,17H2,1-6H3,(H,32,34)(H,35,36)/t20-/m0/s1. The van der Waals surface area contributed by atoms with Crippen molar-refractivity contribution in [1.82, 2.24) is 9.88 Å². The predicted octanol–water partition coefficient (Wildman–Crippen LogP) is 6.12. The van der Waals surface area contributed by atoms with Crippen molar-refractivity contribution in [3.8, 4) is 5.75 Å². The largest absolute Gasteiger partial charge is 0.478 e. The van der Waals surface area contributed by atoms with Gasteiger partial charge in [-0.05, 0) is 82.0 Å². The topological polar surface area (TPSA) is 80.6 Å². The number of amides is 1. The summed E-state index contributed by atoms with van der Waals surface area (Å²) in [6.45, 7) is 9.17. The minimum absolute atomic E-state index is 0.102. The molecule has 1 amide bonds. The Morgan fingerprint density at radius 2 is 1.76 bits per heavy atom. The molecule has 0 aliphatic rings. The Hall–Kier alpha value is -4.06. The van der Waals surface area contributed by atoms with Crippen LogP contribution in [0.15, 0.2) is 66.7 Å². The van der Waals surface area contributed by atoms with E-state index in [4.69, 9.17) is 4.74 Å². The minimum atomic E-state index is -1.32. The summed E-state index contributed by atoms with van der Waals surface area (Å²) in [6, 6.07) is 21.4. The van der Waals surface area contributed by atoms with Gasteiger partial charge in [0.2, 0.25) is 0 Å². The monoisotopic (exact) mass is 498 g/mol. The van der Waals surface area contributed by atoms with Gasteiger partial charge in [0.15, 0.2) is 5.60 Å². The molecule has 1 heterocycles. The van der Waals surface area contributed by atoms with Crippen molar-refractivity contribution < 1.29 is 19.4 Å². The third-order valence-corrected chi connectivity index (χ3v) is 6.94. The lowest BCUT2D eigenvalue weighted by Gasteiger charge is -2.21. The van der Waals surface area contributed by atoms with Gasteiger partial charge in [-0.1, -0.05) is 48.0 Å². The molecule has 4 rings (SSSR count). The number of aryl methyl sites for hydroxylation is 2. The van der Waals surface area contributed by atoms with E-state index in [1.54, 1.807) is 6.07 Å². The van der Waals surface area contributed by atoms with E-state index in [0.29, 0.717) is 17.7 Å². The molecule has 0 saturated heterocycles. The maximum absolute atomic E-state index is 13.1. The Bertz CT molecular complexity index is 1480. The molecule has 0 radical (unpaired) electrons. The number of benzene rings is 3. The van der Waals surface area contributed by atoms with Gasteiger partial charge in [-0.25, -0.2) is 4.79 Å². The zero-order valence-electron chi connectivity index (χ0n) is 22.3. The second-order valence-corrected chi connectivity index (χ2v) is 10.2. The summed E-state index contributed by atoms with van der Waals surface area (Å²) in [5.74, 6) is -0.609. The SMILES string of the molecule is Cc1cccc([C@H](C)NC(=O)c2ccc3c(Cc4cccc(OC(C)(C)C(=O)O)c4)c(C)n(C)c3c2)c1. The van der Waals surface area contributed by atoms with Crippen molar-refractivity contribution in [2.45, 2.75) is 52.7 Å². The Labute approximate surface area is 217 Å². The molecule has 0 saturated carbocycles. The van der Waals surface area contributed by atoms with Crippen LogP contribution < -0.4 is 10.1 Å². The molecule has 6 heteroatoms. The van der Waals surface area contributed by atoms with Crippen LogP contribution in [0.2, 0.25) is 0 Å². The minimum Gasteiger partial charge on any atom is -0.478 e. The maximum atomic E-state index is 13.1. The number of carbonyl (C=O) groups is 2. The second kappa shape index (κ2) is 10.1. The molecular weight excluding hydrogens is 464 g/mol. The number of ether oxygens (including phenoxy) is 1. The van der Waals surface area contributed by atoms with E-state index in [2.05, 4.69) is 22.9 Å². The number of hydrogen-bond acceptors (Lipinski definition) is 3. The summed E-state index contributed by atoms with van der Waals surface area (Å²) in [4.78, 5) is 24.5. The molecule has 0 aliphatic heterocycles. The lowest BCUT2D eigenvalue weighted by atomic mass is 10.0. The van der Waals surface area contributed by atoms with E-state index in [1.807, 2.05) is 75.5 Å². The molecule has 3 aromatic carbocycles. The van der Waals surface area contributed by atoms with Crippen LogP contribution in [0.1, 0.15) is 65.1 Å². The molecule has 6 nitrogen and oxygen atoms in total. The van der Waals surface area contributed by atoms with Crippen molar-refractivity contribution in [2.75, 3.05) is 0 Å². The number of rotatable bonds is 8. The first-order valence-corrected chi connectivity index (χ1v) is 12.4. The number of fused-ring (bicyclic) bond motifs is 1. The summed E-state index contributed by atoms with van der Waals surface area (Å²) in [6.07, 6.45) is 0.657. The molecule has 37 heavy (non-hydrogen) atoms. The van der Waals surface area contributed by atoms with Gasteiger partial charge in [-0.2, -0.15) is 0 Å². The Balaban J connectivity index is 1.58. The van der Waals surface area contributed by atoms with Crippen molar-refractivity contribution >= 4 is 22.8 Å². The average molecular weight is 499 g/mol. The van der Waals surface area contributed by atoms with Gasteiger partial charge in [0.25, 0.3) is 5.91 Å². The average Bonchev–Trinajstić information content (AvgIpc) is 3.08. The van der Waals surface area contributed by atoms with Crippen molar-refractivity contribution in [3.63, 3.8) is 0 Å². The molecule has 4 aromatic rings. The van der Waals surface area contributed by atoms with Gasteiger partial charge in [0, 0.05) is 29.2 Å². The first-order valence-electron chi connectivity index (χ1n) is 12.4. The second-order valence-electron chi connectivity index (χ2n) is 10.2. The van der Waals surface area contributed by atoms with Gasteiger partial charge >= 0.3 is 5.97 Å². The predicted molar refractivity (Wildman–Crippen MR) is 146 cm³/mol. The lowest BCUT2D eigenvalue weighted by molar-refractivity contribution is -0.152. The molecule has 2 N–H and O–H groups in total. The highest BCUT2D eigenvalue weighted by Gasteiger charge is 2.29. The van der Waals surface area contributed by atoms with Crippen LogP contribution in [0.25, 0.3) is 10.9 Å². The maximum Gasteiger partial charge on any atom is 0.347 e. The quantitative estimate of drug-likeness (QED) is 0.307. The van der Waals surface area contributed by atoms with Gasteiger partial charge < -0.3 is 19.7 Å². The van der Waals surface area contributed by atoms with E-state index in [0.717, 1.165) is 38.9 Å². The number of carbonyl (C=O) groups excluding carboxylic acids is 1. The molecule has 0 aliphatic carbocycles. The van der Waals surface area contributed by atoms with Gasteiger partial charge in [0.05, 0.1) is 6.04 Å². The van der Waals surface area contributed by atoms with E-state index in [9.17, 15) is 14.7 Å². The Morgan fingerprint density at radius 1 is 1.03 bits per heavy atom. The van der Waals surface area contributed by atoms with E-state index in [-0.39, 0.29) is 11.9 Å². The smallest absolute Gasteiger partial charge is 0.347 e. The number of hydrogen-bond donors (Lipinski definition) is 2. The van der Waals surface area contributed by atoms with Crippen LogP contribution in [0.4, 0.5) is 0 Å². The fourth-order valence-electron chi connectivity index (χ4n) is 4.57. The number of aliphatic carboxylic acids is 1. The fourth-order valence-corrected chi connectivity index (χ4v) is 4.57. The number of nitrogens with zero attached hydrogens (tertiary/aromatic N) is 1. The van der Waals surface area contributed by atoms with E-state index < -0.39 is 11.6 Å². The van der Waals surface area contributed by atoms with Crippen LogP contribution in [0.3, 0.4) is 0 Å². The van der Waals surface area contributed by atoms with Crippen LogP contribution >= 0.6 is 0 Å². The fraction of sp³-hybridized carbons (Fsp3) is 0.290. The van der Waals surface area contributed by atoms with Crippen LogP contribution in [0.5, 0.6) is 5.75 Å². The van der Waals surface area contributed by atoms with Gasteiger partial charge in [-0.15, -0.1) is 0 Å². The van der Waals surface area contributed by atoms with Crippen LogP contribution in [0, 0.1) is 13.8 Å². The van der Waals surface area contributed by atoms with Gasteiger partial charge in [0.1, 0.15) is 5.75 Å². The third-order valence-electron chi connectivity index (χ3n) is 6.94. The molecule has 192 valence electrons. The summed E-state index contributed by atoms with van der Waals surface area (Å²) in [5, 5.41) is 13.6. The van der Waals surface area contributed by atoms with Crippen LogP contribution in [-0.2, 0) is 18.3 Å². The van der Waals surface area contributed by atoms with Crippen molar-refractivity contribution in [3.05, 3.63) is 100 Å². The zero-order valence-corrected chi connectivity index (χ0v) is 22.3.